The predicted molar refractivity (Wildman–Crippen MR) is 199 cm³/mol. The SMILES string of the molecule is C1=C(c2ccc3c(-c4nc(-c5ccc6ccccc6c5)nc(-c5ccc6ccccc6c5)n4)cccc3c2)c2c(oc3ccccc23)CN1. The molecule has 1 aliphatic rings. The number of benzene rings is 7. The van der Waals surface area contributed by atoms with Crippen LogP contribution >= 0.6 is 0 Å². The summed E-state index contributed by atoms with van der Waals surface area (Å²) in [5, 5.41) is 11.4. The molecule has 10 rings (SSSR count). The first-order chi connectivity index (χ1) is 24.2. The van der Waals surface area contributed by atoms with Gasteiger partial charge < -0.3 is 9.73 Å². The van der Waals surface area contributed by atoms with E-state index in [-0.39, 0.29) is 0 Å². The van der Waals surface area contributed by atoms with E-state index in [0.717, 1.165) is 71.7 Å². The van der Waals surface area contributed by atoms with Crippen LogP contribution < -0.4 is 5.32 Å². The van der Waals surface area contributed by atoms with Crippen molar-refractivity contribution in [3.63, 3.8) is 0 Å². The molecule has 9 aromatic rings. The van der Waals surface area contributed by atoms with Crippen LogP contribution in [0.15, 0.2) is 156 Å². The van der Waals surface area contributed by atoms with Crippen molar-refractivity contribution >= 4 is 48.9 Å². The Hall–Kier alpha value is -6.59. The van der Waals surface area contributed by atoms with Crippen molar-refractivity contribution in [1.29, 1.82) is 0 Å². The van der Waals surface area contributed by atoms with E-state index in [1.807, 2.05) is 12.1 Å². The van der Waals surface area contributed by atoms with Crippen molar-refractivity contribution in [1.82, 2.24) is 20.3 Å². The van der Waals surface area contributed by atoms with E-state index in [1.54, 1.807) is 0 Å². The summed E-state index contributed by atoms with van der Waals surface area (Å²) in [6.45, 7) is 0.670. The maximum absolute atomic E-state index is 6.22. The monoisotopic (exact) mass is 628 g/mol. The number of nitrogens with zero attached hydrogens (tertiary/aromatic N) is 3. The van der Waals surface area contributed by atoms with Crippen LogP contribution in [-0.4, -0.2) is 15.0 Å². The molecule has 0 radical (unpaired) electrons. The largest absolute Gasteiger partial charge is 0.459 e. The van der Waals surface area contributed by atoms with Gasteiger partial charge in [-0.15, -0.1) is 0 Å². The number of hydrogen-bond donors (Lipinski definition) is 1. The summed E-state index contributed by atoms with van der Waals surface area (Å²) in [6, 6.07) is 50.7. The van der Waals surface area contributed by atoms with Crippen molar-refractivity contribution in [3.05, 3.63) is 169 Å². The van der Waals surface area contributed by atoms with Gasteiger partial charge in [0.2, 0.25) is 0 Å². The number of rotatable bonds is 4. The summed E-state index contributed by atoms with van der Waals surface area (Å²) in [5.41, 5.74) is 7.16. The number of furan rings is 1. The van der Waals surface area contributed by atoms with Crippen LogP contribution in [0.25, 0.3) is 83.0 Å². The molecule has 3 heterocycles. The first-order valence-corrected chi connectivity index (χ1v) is 16.5. The first kappa shape index (κ1) is 27.5. The fraction of sp³-hybridized carbons (Fsp3) is 0.0227. The molecule has 230 valence electrons. The van der Waals surface area contributed by atoms with Gasteiger partial charge in [0, 0.05) is 39.4 Å². The van der Waals surface area contributed by atoms with E-state index in [4.69, 9.17) is 19.4 Å². The Morgan fingerprint density at radius 2 is 1.06 bits per heavy atom. The van der Waals surface area contributed by atoms with Crippen molar-refractivity contribution in [3.8, 4) is 34.2 Å². The molecular weight excluding hydrogens is 601 g/mol. The second-order valence-electron chi connectivity index (χ2n) is 12.5. The minimum atomic E-state index is 0.640. The Morgan fingerprint density at radius 3 is 1.80 bits per heavy atom. The van der Waals surface area contributed by atoms with Crippen molar-refractivity contribution in [2.45, 2.75) is 6.54 Å². The predicted octanol–water partition coefficient (Wildman–Crippen LogP) is 10.6. The molecule has 0 atom stereocenters. The third kappa shape index (κ3) is 4.67. The number of hydrogen-bond acceptors (Lipinski definition) is 5. The number of aromatic nitrogens is 3. The molecular formula is C44H28N4O. The highest BCUT2D eigenvalue weighted by Crippen LogP contribution is 2.39. The molecule has 5 heteroatoms. The fourth-order valence-electron chi connectivity index (χ4n) is 7.12. The molecule has 0 spiro atoms. The smallest absolute Gasteiger partial charge is 0.164 e. The molecule has 0 saturated heterocycles. The minimum absolute atomic E-state index is 0.640. The highest BCUT2D eigenvalue weighted by Gasteiger charge is 2.22. The normalized spacial score (nSPS) is 12.7. The lowest BCUT2D eigenvalue weighted by atomic mass is 9.92. The third-order valence-corrected chi connectivity index (χ3v) is 9.53. The van der Waals surface area contributed by atoms with E-state index in [0.29, 0.717) is 24.0 Å². The summed E-state index contributed by atoms with van der Waals surface area (Å²) >= 11 is 0. The molecule has 0 amide bonds. The molecule has 7 aromatic carbocycles. The lowest BCUT2D eigenvalue weighted by molar-refractivity contribution is 0.531. The molecule has 1 N–H and O–H groups in total. The van der Waals surface area contributed by atoms with Gasteiger partial charge in [0.1, 0.15) is 11.3 Å². The van der Waals surface area contributed by atoms with Crippen molar-refractivity contribution in [2.24, 2.45) is 0 Å². The van der Waals surface area contributed by atoms with Gasteiger partial charge in [0.25, 0.3) is 0 Å². The van der Waals surface area contributed by atoms with Gasteiger partial charge in [-0.25, -0.2) is 15.0 Å². The summed E-state index contributed by atoms with van der Waals surface area (Å²) in [4.78, 5) is 15.3. The van der Waals surface area contributed by atoms with E-state index >= 15 is 0 Å². The van der Waals surface area contributed by atoms with Crippen LogP contribution in [0, 0.1) is 0 Å². The molecule has 0 saturated carbocycles. The average Bonchev–Trinajstić information content (AvgIpc) is 3.56. The summed E-state index contributed by atoms with van der Waals surface area (Å²) < 4.78 is 6.22. The summed E-state index contributed by atoms with van der Waals surface area (Å²) in [5.74, 6) is 2.89. The highest BCUT2D eigenvalue weighted by atomic mass is 16.3. The van der Waals surface area contributed by atoms with Crippen LogP contribution in [0.2, 0.25) is 0 Å². The zero-order valence-electron chi connectivity index (χ0n) is 26.4. The topological polar surface area (TPSA) is 63.8 Å². The van der Waals surface area contributed by atoms with Gasteiger partial charge in [-0.1, -0.05) is 121 Å². The molecule has 0 unspecified atom stereocenters. The third-order valence-electron chi connectivity index (χ3n) is 9.53. The Balaban J connectivity index is 1.14. The van der Waals surface area contributed by atoms with E-state index in [1.165, 1.54) is 10.8 Å². The molecule has 0 aliphatic carbocycles. The molecule has 0 bridgehead atoms. The quantitative estimate of drug-likeness (QED) is 0.210. The maximum Gasteiger partial charge on any atom is 0.164 e. The van der Waals surface area contributed by atoms with E-state index in [2.05, 4.69) is 145 Å². The van der Waals surface area contributed by atoms with Crippen molar-refractivity contribution in [2.75, 3.05) is 0 Å². The van der Waals surface area contributed by atoms with Gasteiger partial charge >= 0.3 is 0 Å². The Kier molecular flexibility index (Phi) is 6.18. The van der Waals surface area contributed by atoms with E-state index < -0.39 is 0 Å². The molecule has 49 heavy (non-hydrogen) atoms. The van der Waals surface area contributed by atoms with Crippen LogP contribution in [0.3, 0.4) is 0 Å². The van der Waals surface area contributed by atoms with Crippen molar-refractivity contribution < 1.29 is 4.42 Å². The molecule has 2 aromatic heterocycles. The molecule has 5 nitrogen and oxygen atoms in total. The maximum atomic E-state index is 6.22. The van der Waals surface area contributed by atoms with Crippen LogP contribution in [0.1, 0.15) is 16.9 Å². The highest BCUT2D eigenvalue weighted by molar-refractivity contribution is 6.02. The van der Waals surface area contributed by atoms with Gasteiger partial charge in [0.05, 0.1) is 6.54 Å². The van der Waals surface area contributed by atoms with Crippen LogP contribution in [0.5, 0.6) is 0 Å². The Labute approximate surface area is 282 Å². The fourth-order valence-corrected chi connectivity index (χ4v) is 7.12. The zero-order chi connectivity index (χ0) is 32.3. The Bertz CT molecular complexity index is 2700. The van der Waals surface area contributed by atoms with Gasteiger partial charge in [0.15, 0.2) is 17.5 Å². The second kappa shape index (κ2) is 11.0. The molecule has 0 fully saturated rings. The van der Waals surface area contributed by atoms with E-state index in [9.17, 15) is 0 Å². The first-order valence-electron chi connectivity index (χ1n) is 16.5. The second-order valence-corrected chi connectivity index (χ2v) is 12.5. The van der Waals surface area contributed by atoms with Crippen LogP contribution in [0.4, 0.5) is 0 Å². The lowest BCUT2D eigenvalue weighted by Crippen LogP contribution is -2.12. The van der Waals surface area contributed by atoms with Gasteiger partial charge in [-0.3, -0.25) is 0 Å². The lowest BCUT2D eigenvalue weighted by Gasteiger charge is -2.16. The number of fused-ring (bicyclic) bond motifs is 6. The average molecular weight is 629 g/mol. The zero-order valence-corrected chi connectivity index (χ0v) is 26.4. The van der Waals surface area contributed by atoms with Gasteiger partial charge in [-0.2, -0.15) is 0 Å². The summed E-state index contributed by atoms with van der Waals surface area (Å²) in [6.07, 6.45) is 2.10. The molecule has 1 aliphatic heterocycles. The number of para-hydroxylation sites is 1. The minimum Gasteiger partial charge on any atom is -0.459 e. The standard InChI is InChI=1S/C44H28N4O/c1-3-10-29-22-33(18-16-27(29)8-1)42-46-43(34-19-17-28-9-2-4-11-30(28)23-34)48-44(47-42)36-14-7-12-31-24-32(20-21-35(31)36)38-25-45-26-40-41(38)37-13-5-6-15-39(37)49-40/h1-25,45H,26H2. The van der Waals surface area contributed by atoms with Crippen LogP contribution in [-0.2, 0) is 6.54 Å². The summed E-state index contributed by atoms with van der Waals surface area (Å²) in [7, 11) is 0. The number of nitrogens with one attached hydrogen (secondary N) is 1. The van der Waals surface area contributed by atoms with Gasteiger partial charge in [-0.05, 0) is 62.1 Å². The Morgan fingerprint density at radius 1 is 0.469 bits per heavy atom.